The van der Waals surface area contributed by atoms with Crippen molar-refractivity contribution in [1.82, 2.24) is 19.1 Å². The van der Waals surface area contributed by atoms with E-state index in [2.05, 4.69) is 107 Å². The van der Waals surface area contributed by atoms with Gasteiger partial charge in [0, 0.05) is 23.5 Å². The monoisotopic (exact) mass is 418 g/mol. The zero-order valence-electron chi connectivity index (χ0n) is 18.8. The maximum absolute atomic E-state index is 3.43. The van der Waals surface area contributed by atoms with E-state index >= 15 is 0 Å². The van der Waals surface area contributed by atoms with Crippen molar-refractivity contribution in [2.24, 2.45) is 0 Å². The third kappa shape index (κ3) is 2.38. The summed E-state index contributed by atoms with van der Waals surface area (Å²) >= 11 is 0. The number of aromatic amines is 2. The molecule has 6 rings (SSSR count). The molecule has 4 heterocycles. The van der Waals surface area contributed by atoms with E-state index in [1.165, 1.54) is 55.7 Å². The van der Waals surface area contributed by atoms with E-state index in [-0.39, 0.29) is 0 Å². The van der Waals surface area contributed by atoms with Crippen molar-refractivity contribution >= 4 is 39.0 Å². The fourth-order valence-electron chi connectivity index (χ4n) is 5.23. The molecule has 0 spiro atoms. The minimum Gasteiger partial charge on any atom is -0.358 e. The third-order valence-electron chi connectivity index (χ3n) is 6.68. The summed E-state index contributed by atoms with van der Waals surface area (Å²) in [5.41, 5.74) is 13.3. The summed E-state index contributed by atoms with van der Waals surface area (Å²) in [5, 5.41) is 1.29. The van der Waals surface area contributed by atoms with E-state index in [1.54, 1.807) is 0 Å². The Morgan fingerprint density at radius 2 is 1.28 bits per heavy atom. The Hall–Kier alpha value is -3.92. The molecule has 6 aromatic rings. The van der Waals surface area contributed by atoms with Crippen LogP contribution in [0.2, 0.25) is 0 Å². The van der Waals surface area contributed by atoms with Crippen LogP contribution in [0.15, 0.2) is 67.0 Å². The number of hydrogen-bond donors (Lipinski definition) is 2. The third-order valence-corrected chi connectivity index (χ3v) is 6.68. The average molecular weight is 419 g/mol. The molecule has 0 bridgehead atoms. The Morgan fingerprint density at radius 1 is 0.688 bits per heavy atom. The SMILES string of the molecule is C/C=C\c1c(C)c2ccccc2n1-c1c(C)ccc(C)c1-n1c2cc[nH]c2c2[nH]ccc21. The first kappa shape index (κ1) is 18.8. The standard InChI is InChI=1S/C28H26N4/c1-5-8-21-19(4)20-9-6-7-10-22(20)31(21)27-17(2)11-12-18(3)28(27)32-23-13-15-29-25(23)26-24(32)14-16-30-26/h5-16,29-30H,1-4H3/b8-5-. The molecule has 32 heavy (non-hydrogen) atoms. The van der Waals surface area contributed by atoms with Gasteiger partial charge in [0.25, 0.3) is 0 Å². The van der Waals surface area contributed by atoms with E-state index in [4.69, 9.17) is 0 Å². The highest BCUT2D eigenvalue weighted by Crippen LogP contribution is 2.39. The lowest BCUT2D eigenvalue weighted by atomic mass is 10.1. The van der Waals surface area contributed by atoms with Crippen LogP contribution in [0.5, 0.6) is 0 Å². The Balaban J connectivity index is 1.83. The van der Waals surface area contributed by atoms with Gasteiger partial charge in [0.05, 0.1) is 39.0 Å². The van der Waals surface area contributed by atoms with Crippen molar-refractivity contribution in [2.45, 2.75) is 27.7 Å². The first-order valence-electron chi connectivity index (χ1n) is 11.1. The second kappa shape index (κ2) is 6.79. The van der Waals surface area contributed by atoms with Crippen LogP contribution in [-0.4, -0.2) is 19.1 Å². The highest BCUT2D eigenvalue weighted by atomic mass is 15.1. The van der Waals surface area contributed by atoms with Crippen LogP contribution in [0, 0.1) is 20.8 Å². The van der Waals surface area contributed by atoms with Crippen molar-refractivity contribution in [2.75, 3.05) is 0 Å². The summed E-state index contributed by atoms with van der Waals surface area (Å²) < 4.78 is 4.85. The van der Waals surface area contributed by atoms with Crippen LogP contribution in [0.1, 0.15) is 29.3 Å². The van der Waals surface area contributed by atoms with Gasteiger partial charge < -0.3 is 19.1 Å². The molecule has 0 radical (unpaired) electrons. The number of para-hydroxylation sites is 1. The van der Waals surface area contributed by atoms with Gasteiger partial charge in [-0.15, -0.1) is 0 Å². The summed E-state index contributed by atoms with van der Waals surface area (Å²) in [6, 6.07) is 17.5. The molecule has 158 valence electrons. The summed E-state index contributed by atoms with van der Waals surface area (Å²) in [6.07, 6.45) is 8.40. The largest absolute Gasteiger partial charge is 0.358 e. The zero-order chi connectivity index (χ0) is 22.0. The van der Waals surface area contributed by atoms with E-state index in [0.717, 1.165) is 11.0 Å². The number of fused-ring (bicyclic) bond motifs is 4. The van der Waals surface area contributed by atoms with Crippen molar-refractivity contribution in [1.29, 1.82) is 0 Å². The summed E-state index contributed by atoms with van der Waals surface area (Å²) in [7, 11) is 0. The molecule has 4 heteroatoms. The second-order valence-corrected chi connectivity index (χ2v) is 8.57. The van der Waals surface area contributed by atoms with Gasteiger partial charge in [-0.25, -0.2) is 0 Å². The van der Waals surface area contributed by atoms with Crippen molar-refractivity contribution < 1.29 is 0 Å². The number of nitrogens with one attached hydrogen (secondary N) is 2. The topological polar surface area (TPSA) is 41.4 Å². The highest BCUT2D eigenvalue weighted by molar-refractivity contribution is 6.06. The molecule has 4 nitrogen and oxygen atoms in total. The summed E-state index contributed by atoms with van der Waals surface area (Å²) in [6.45, 7) is 8.74. The Morgan fingerprint density at radius 3 is 1.91 bits per heavy atom. The predicted octanol–water partition coefficient (Wildman–Crippen LogP) is 7.34. The lowest BCUT2D eigenvalue weighted by Crippen LogP contribution is -2.08. The number of rotatable bonds is 3. The van der Waals surface area contributed by atoms with Gasteiger partial charge in [-0.05, 0) is 68.7 Å². The molecule has 0 aliphatic heterocycles. The van der Waals surface area contributed by atoms with Crippen LogP contribution in [-0.2, 0) is 0 Å². The first-order chi connectivity index (χ1) is 15.6. The number of hydrogen-bond acceptors (Lipinski definition) is 0. The van der Waals surface area contributed by atoms with E-state index in [1.807, 2.05) is 12.4 Å². The van der Waals surface area contributed by atoms with Crippen molar-refractivity contribution in [3.63, 3.8) is 0 Å². The summed E-state index contributed by atoms with van der Waals surface area (Å²) in [5.74, 6) is 0. The number of nitrogens with zero attached hydrogens (tertiary/aromatic N) is 2. The molecule has 0 atom stereocenters. The lowest BCUT2D eigenvalue weighted by Gasteiger charge is -2.21. The first-order valence-corrected chi connectivity index (χ1v) is 11.1. The van der Waals surface area contributed by atoms with E-state index in [0.29, 0.717) is 0 Å². The number of aryl methyl sites for hydroxylation is 3. The zero-order valence-corrected chi connectivity index (χ0v) is 18.8. The van der Waals surface area contributed by atoms with Gasteiger partial charge >= 0.3 is 0 Å². The van der Waals surface area contributed by atoms with Crippen LogP contribution < -0.4 is 0 Å². The molecule has 4 aromatic heterocycles. The van der Waals surface area contributed by atoms with Crippen LogP contribution in [0.25, 0.3) is 50.4 Å². The van der Waals surface area contributed by atoms with Gasteiger partial charge in [0.1, 0.15) is 0 Å². The van der Waals surface area contributed by atoms with Crippen LogP contribution in [0.4, 0.5) is 0 Å². The average Bonchev–Trinajstić information content (AvgIpc) is 3.54. The molecular formula is C28H26N4. The van der Waals surface area contributed by atoms with E-state index in [9.17, 15) is 0 Å². The Kier molecular flexibility index (Phi) is 3.99. The summed E-state index contributed by atoms with van der Waals surface area (Å²) in [4.78, 5) is 6.86. The van der Waals surface area contributed by atoms with Gasteiger partial charge in [-0.1, -0.05) is 36.4 Å². The minimum atomic E-state index is 1.14. The number of benzene rings is 2. The van der Waals surface area contributed by atoms with Gasteiger partial charge in [0.15, 0.2) is 0 Å². The molecule has 2 aromatic carbocycles. The molecule has 0 aliphatic rings. The molecule has 0 amide bonds. The van der Waals surface area contributed by atoms with Gasteiger partial charge in [-0.2, -0.15) is 0 Å². The molecule has 0 unspecified atom stereocenters. The highest BCUT2D eigenvalue weighted by Gasteiger charge is 2.23. The molecular weight excluding hydrogens is 392 g/mol. The van der Waals surface area contributed by atoms with Crippen molar-refractivity contribution in [3.05, 3.63) is 89.4 Å². The minimum absolute atomic E-state index is 1.14. The second-order valence-electron chi connectivity index (χ2n) is 8.57. The number of H-pyrrole nitrogens is 2. The normalized spacial score (nSPS) is 12.2. The molecule has 2 N–H and O–H groups in total. The van der Waals surface area contributed by atoms with Crippen LogP contribution in [0.3, 0.4) is 0 Å². The van der Waals surface area contributed by atoms with Gasteiger partial charge in [-0.3, -0.25) is 0 Å². The molecule has 0 saturated carbocycles. The number of allylic oxidation sites excluding steroid dienone is 1. The molecule has 0 saturated heterocycles. The Labute approximate surface area is 186 Å². The van der Waals surface area contributed by atoms with Crippen LogP contribution >= 0.6 is 0 Å². The van der Waals surface area contributed by atoms with Crippen molar-refractivity contribution in [3.8, 4) is 11.4 Å². The fourth-order valence-corrected chi connectivity index (χ4v) is 5.23. The lowest BCUT2D eigenvalue weighted by molar-refractivity contribution is 1.02. The van der Waals surface area contributed by atoms with E-state index < -0.39 is 0 Å². The molecule has 0 fully saturated rings. The maximum atomic E-state index is 3.43. The predicted molar refractivity (Wildman–Crippen MR) is 135 cm³/mol. The number of aromatic nitrogens is 4. The smallest absolute Gasteiger partial charge is 0.0886 e. The fraction of sp³-hybridized carbons (Fsp3) is 0.143. The maximum Gasteiger partial charge on any atom is 0.0886 e. The quantitative estimate of drug-likeness (QED) is 0.302. The van der Waals surface area contributed by atoms with Gasteiger partial charge in [0.2, 0.25) is 0 Å². The Bertz CT molecular complexity index is 1610. The molecule has 0 aliphatic carbocycles.